The van der Waals surface area contributed by atoms with Gasteiger partial charge >= 0.3 is 0 Å². The summed E-state index contributed by atoms with van der Waals surface area (Å²) in [5.41, 5.74) is 1.84. The Morgan fingerprint density at radius 3 is 3.00 bits per heavy atom. The summed E-state index contributed by atoms with van der Waals surface area (Å²) in [6.07, 6.45) is 1.45. The van der Waals surface area contributed by atoms with E-state index in [9.17, 15) is 4.79 Å². The summed E-state index contributed by atoms with van der Waals surface area (Å²) < 4.78 is 0. The number of hydrogen-bond donors (Lipinski definition) is 2. The lowest BCUT2D eigenvalue weighted by atomic mass is 9.94. The third-order valence-electron chi connectivity index (χ3n) is 2.54. The zero-order valence-electron chi connectivity index (χ0n) is 7.86. The van der Waals surface area contributed by atoms with Gasteiger partial charge in [0.1, 0.15) is 0 Å². The smallest absolute Gasteiger partial charge is 0.251 e. The number of hydrogen-bond acceptors (Lipinski definition) is 2. The van der Waals surface area contributed by atoms with Crippen LogP contribution >= 0.6 is 0 Å². The van der Waals surface area contributed by atoms with Crippen LogP contribution in [-0.2, 0) is 6.42 Å². The lowest BCUT2D eigenvalue weighted by Gasteiger charge is -2.24. The Labute approximate surface area is 82.8 Å². The lowest BCUT2D eigenvalue weighted by molar-refractivity contribution is 0.0917. The number of aliphatic hydroxyl groups excluding tert-OH is 1. The number of carbonyl (C=O) groups excluding carboxylic acids is 1. The minimum atomic E-state index is -0.0229. The van der Waals surface area contributed by atoms with E-state index in [0.29, 0.717) is 6.42 Å². The van der Waals surface area contributed by atoms with E-state index in [1.54, 1.807) is 0 Å². The highest BCUT2D eigenvalue weighted by molar-refractivity contribution is 5.96. The first kappa shape index (κ1) is 9.21. The zero-order chi connectivity index (χ0) is 9.97. The lowest BCUT2D eigenvalue weighted by Crippen LogP contribution is -2.41. The highest BCUT2D eigenvalue weighted by atomic mass is 16.3. The SMILES string of the molecule is O=C1N[C@H](CCO)Cc2ccccc21. The van der Waals surface area contributed by atoms with Crippen LogP contribution in [0.5, 0.6) is 0 Å². The maximum absolute atomic E-state index is 11.6. The second-order valence-corrected chi connectivity index (χ2v) is 3.54. The normalized spacial score (nSPS) is 20.1. The van der Waals surface area contributed by atoms with Crippen molar-refractivity contribution in [2.24, 2.45) is 0 Å². The van der Waals surface area contributed by atoms with Crippen molar-refractivity contribution in [2.75, 3.05) is 6.61 Å². The van der Waals surface area contributed by atoms with Crippen molar-refractivity contribution in [1.29, 1.82) is 0 Å². The standard InChI is InChI=1S/C11H13NO2/c13-6-5-9-7-8-3-1-2-4-10(8)11(14)12-9/h1-4,9,13H,5-7H2,(H,12,14)/t9-/m1/s1. The highest BCUT2D eigenvalue weighted by Crippen LogP contribution is 2.17. The maximum atomic E-state index is 11.6. The van der Waals surface area contributed by atoms with E-state index >= 15 is 0 Å². The predicted molar refractivity (Wildman–Crippen MR) is 53.1 cm³/mol. The molecule has 14 heavy (non-hydrogen) atoms. The Morgan fingerprint density at radius 2 is 2.21 bits per heavy atom. The minimum Gasteiger partial charge on any atom is -0.396 e. The molecule has 0 unspecified atom stereocenters. The van der Waals surface area contributed by atoms with Crippen LogP contribution in [0, 0.1) is 0 Å². The van der Waals surface area contributed by atoms with Crippen LogP contribution in [0.3, 0.4) is 0 Å². The number of fused-ring (bicyclic) bond motifs is 1. The fourth-order valence-corrected chi connectivity index (χ4v) is 1.83. The van der Waals surface area contributed by atoms with E-state index in [1.807, 2.05) is 24.3 Å². The monoisotopic (exact) mass is 191 g/mol. The summed E-state index contributed by atoms with van der Waals surface area (Å²) in [7, 11) is 0. The van der Waals surface area contributed by atoms with Gasteiger partial charge in [0, 0.05) is 18.2 Å². The number of carbonyl (C=O) groups is 1. The van der Waals surface area contributed by atoms with Crippen LogP contribution in [0.1, 0.15) is 22.3 Å². The molecule has 3 heteroatoms. The molecule has 2 N–H and O–H groups in total. The van der Waals surface area contributed by atoms with E-state index in [0.717, 1.165) is 17.5 Å². The summed E-state index contributed by atoms with van der Waals surface area (Å²) in [5.74, 6) is -0.0229. The van der Waals surface area contributed by atoms with Gasteiger partial charge in [-0.25, -0.2) is 0 Å². The Bertz CT molecular complexity index is 349. The first-order valence-corrected chi connectivity index (χ1v) is 4.81. The van der Waals surface area contributed by atoms with Crippen LogP contribution < -0.4 is 5.32 Å². The molecule has 0 saturated heterocycles. The predicted octanol–water partition coefficient (Wildman–Crippen LogP) is 0.724. The molecule has 0 spiro atoms. The number of amides is 1. The second kappa shape index (κ2) is 3.80. The van der Waals surface area contributed by atoms with Crippen molar-refractivity contribution in [3.05, 3.63) is 35.4 Å². The number of aliphatic hydroxyl groups is 1. The van der Waals surface area contributed by atoms with Gasteiger partial charge in [0.25, 0.3) is 5.91 Å². The van der Waals surface area contributed by atoms with E-state index in [-0.39, 0.29) is 18.6 Å². The minimum absolute atomic E-state index is 0.0229. The van der Waals surface area contributed by atoms with E-state index < -0.39 is 0 Å². The van der Waals surface area contributed by atoms with Crippen molar-refractivity contribution in [3.8, 4) is 0 Å². The molecule has 3 nitrogen and oxygen atoms in total. The summed E-state index contributed by atoms with van der Waals surface area (Å²) in [6.45, 7) is 0.118. The molecular weight excluding hydrogens is 178 g/mol. The fraction of sp³-hybridized carbons (Fsp3) is 0.364. The summed E-state index contributed by atoms with van der Waals surface area (Å²) >= 11 is 0. The summed E-state index contributed by atoms with van der Waals surface area (Å²) in [6, 6.07) is 7.69. The van der Waals surface area contributed by atoms with E-state index in [4.69, 9.17) is 5.11 Å². The van der Waals surface area contributed by atoms with Crippen molar-refractivity contribution in [3.63, 3.8) is 0 Å². The number of rotatable bonds is 2. The van der Waals surface area contributed by atoms with Crippen molar-refractivity contribution in [1.82, 2.24) is 5.32 Å². The Kier molecular flexibility index (Phi) is 2.50. The first-order valence-electron chi connectivity index (χ1n) is 4.81. The molecule has 1 amide bonds. The molecule has 1 aromatic carbocycles. The molecule has 2 rings (SSSR count). The molecule has 1 heterocycles. The van der Waals surface area contributed by atoms with Gasteiger partial charge in [0.2, 0.25) is 0 Å². The highest BCUT2D eigenvalue weighted by Gasteiger charge is 2.22. The van der Waals surface area contributed by atoms with Crippen LogP contribution in [-0.4, -0.2) is 23.7 Å². The van der Waals surface area contributed by atoms with Gasteiger partial charge in [0.05, 0.1) is 0 Å². The molecule has 1 aliphatic rings. The quantitative estimate of drug-likeness (QED) is 0.723. The van der Waals surface area contributed by atoms with Crippen LogP contribution in [0.4, 0.5) is 0 Å². The van der Waals surface area contributed by atoms with Gasteiger partial charge in [-0.05, 0) is 24.5 Å². The zero-order valence-corrected chi connectivity index (χ0v) is 7.86. The molecule has 0 saturated carbocycles. The van der Waals surface area contributed by atoms with E-state index in [1.165, 1.54) is 0 Å². The van der Waals surface area contributed by atoms with Crippen molar-refractivity contribution < 1.29 is 9.90 Å². The molecule has 1 atom stereocenters. The molecular formula is C11H13NO2. The second-order valence-electron chi connectivity index (χ2n) is 3.54. The van der Waals surface area contributed by atoms with Gasteiger partial charge in [-0.15, -0.1) is 0 Å². The largest absolute Gasteiger partial charge is 0.396 e. The third-order valence-corrected chi connectivity index (χ3v) is 2.54. The van der Waals surface area contributed by atoms with Crippen molar-refractivity contribution >= 4 is 5.91 Å². The molecule has 0 bridgehead atoms. The molecule has 0 aliphatic carbocycles. The fourth-order valence-electron chi connectivity index (χ4n) is 1.83. The van der Waals surface area contributed by atoms with Crippen molar-refractivity contribution in [2.45, 2.75) is 18.9 Å². The Balaban J connectivity index is 2.24. The molecule has 0 radical (unpaired) electrons. The van der Waals surface area contributed by atoms with Gasteiger partial charge in [-0.1, -0.05) is 18.2 Å². The third kappa shape index (κ3) is 1.63. The number of benzene rings is 1. The molecule has 1 aromatic rings. The Morgan fingerprint density at radius 1 is 1.43 bits per heavy atom. The molecule has 74 valence electrons. The topological polar surface area (TPSA) is 49.3 Å². The summed E-state index contributed by atoms with van der Waals surface area (Å²) in [5, 5.41) is 11.7. The van der Waals surface area contributed by atoms with Crippen LogP contribution in [0.2, 0.25) is 0 Å². The van der Waals surface area contributed by atoms with Gasteiger partial charge in [0.15, 0.2) is 0 Å². The van der Waals surface area contributed by atoms with Gasteiger partial charge in [-0.3, -0.25) is 4.79 Å². The molecule has 1 aliphatic heterocycles. The van der Waals surface area contributed by atoms with Gasteiger partial charge < -0.3 is 10.4 Å². The maximum Gasteiger partial charge on any atom is 0.251 e. The first-order chi connectivity index (χ1) is 6.81. The van der Waals surface area contributed by atoms with Crippen LogP contribution in [0.25, 0.3) is 0 Å². The van der Waals surface area contributed by atoms with Gasteiger partial charge in [-0.2, -0.15) is 0 Å². The summed E-state index contributed by atoms with van der Waals surface area (Å²) in [4.78, 5) is 11.6. The average Bonchev–Trinajstić information content (AvgIpc) is 2.18. The number of nitrogens with one attached hydrogen (secondary N) is 1. The average molecular weight is 191 g/mol. The molecule has 0 aromatic heterocycles. The van der Waals surface area contributed by atoms with Crippen LogP contribution in [0.15, 0.2) is 24.3 Å². The van der Waals surface area contributed by atoms with E-state index in [2.05, 4.69) is 5.32 Å². The molecule has 0 fully saturated rings. The Hall–Kier alpha value is -1.35.